The van der Waals surface area contributed by atoms with Crippen LogP contribution in [-0.2, 0) is 10.4 Å². The fraction of sp³-hybridized carbons (Fsp3) is 0.118. The molecule has 1 atom stereocenters. The number of halogens is 3. The first-order valence-corrected chi connectivity index (χ1v) is 7.22. The Labute approximate surface area is 144 Å². The molecule has 0 fully saturated rings. The number of nitro benzene ring substituents is 1. The molecule has 9 heteroatoms. The van der Waals surface area contributed by atoms with E-state index in [2.05, 4.69) is 0 Å². The normalized spacial score (nSPS) is 19.1. The number of hydrogen-bond donors (Lipinski definition) is 1. The second-order valence-electron chi connectivity index (χ2n) is 5.49. The summed E-state index contributed by atoms with van der Waals surface area (Å²) in [5.74, 6) is -2.02. The molecule has 3 rings (SSSR count). The van der Waals surface area contributed by atoms with E-state index in [-0.39, 0.29) is 11.3 Å². The van der Waals surface area contributed by atoms with Crippen molar-refractivity contribution in [1.29, 1.82) is 0 Å². The number of carbonyl (C=O) groups is 1. The van der Waals surface area contributed by atoms with Crippen molar-refractivity contribution in [3.8, 4) is 5.75 Å². The predicted molar refractivity (Wildman–Crippen MR) is 83.5 cm³/mol. The largest absolute Gasteiger partial charge is 0.478 e. The van der Waals surface area contributed by atoms with Crippen molar-refractivity contribution in [1.82, 2.24) is 0 Å². The van der Waals surface area contributed by atoms with Gasteiger partial charge >= 0.3 is 12.1 Å². The Kier molecular flexibility index (Phi) is 3.94. The van der Waals surface area contributed by atoms with Gasteiger partial charge in [0.05, 0.1) is 10.5 Å². The molecule has 0 saturated heterocycles. The van der Waals surface area contributed by atoms with Gasteiger partial charge in [0.1, 0.15) is 5.75 Å². The number of rotatable bonds is 3. The minimum atomic E-state index is -5.19. The summed E-state index contributed by atoms with van der Waals surface area (Å²) < 4.78 is 47.5. The van der Waals surface area contributed by atoms with Crippen LogP contribution in [0.5, 0.6) is 5.75 Å². The van der Waals surface area contributed by atoms with Gasteiger partial charge < -0.3 is 9.84 Å². The van der Waals surface area contributed by atoms with Crippen LogP contribution in [-0.4, -0.2) is 22.2 Å². The molecular formula is C17H10F3NO5. The number of carboxylic acid groups (broad SMARTS) is 1. The van der Waals surface area contributed by atoms with E-state index in [0.29, 0.717) is 6.07 Å². The average molecular weight is 365 g/mol. The number of aliphatic carboxylic acids is 1. The topological polar surface area (TPSA) is 89.7 Å². The summed E-state index contributed by atoms with van der Waals surface area (Å²) in [6.07, 6.45) is -4.33. The standard InChI is InChI=1S/C17H10F3NO5/c18-17(19,20)16(11-5-3-6-12(9-11)21(24)25)13(15(22)23)8-10-4-1-2-7-14(10)26-16/h1-9H,(H,22,23). The van der Waals surface area contributed by atoms with Crippen LogP contribution in [0.2, 0.25) is 0 Å². The molecule has 1 aliphatic heterocycles. The second-order valence-corrected chi connectivity index (χ2v) is 5.49. The number of non-ortho nitro benzene ring substituents is 1. The van der Waals surface area contributed by atoms with E-state index in [0.717, 1.165) is 24.3 Å². The molecule has 0 saturated carbocycles. The smallest absolute Gasteiger partial charge is 0.437 e. The highest BCUT2D eigenvalue weighted by Crippen LogP contribution is 2.52. The van der Waals surface area contributed by atoms with Crippen molar-refractivity contribution in [3.63, 3.8) is 0 Å². The zero-order chi connectivity index (χ0) is 19.1. The number of benzene rings is 2. The van der Waals surface area contributed by atoms with Gasteiger partial charge in [0.15, 0.2) is 0 Å². The number of fused-ring (bicyclic) bond motifs is 1. The summed E-state index contributed by atoms with van der Waals surface area (Å²) in [6.45, 7) is 0. The average Bonchev–Trinajstić information content (AvgIpc) is 2.59. The maximum atomic E-state index is 14.1. The summed E-state index contributed by atoms with van der Waals surface area (Å²) in [5, 5.41) is 20.4. The van der Waals surface area contributed by atoms with E-state index in [1.807, 2.05) is 0 Å². The Bertz CT molecular complexity index is 938. The lowest BCUT2D eigenvalue weighted by Crippen LogP contribution is -2.52. The first kappa shape index (κ1) is 17.5. The maximum Gasteiger partial charge on any atom is 0.437 e. The van der Waals surface area contributed by atoms with Gasteiger partial charge in [-0.05, 0) is 12.1 Å². The summed E-state index contributed by atoms with van der Waals surface area (Å²) >= 11 is 0. The zero-order valence-electron chi connectivity index (χ0n) is 12.9. The van der Waals surface area contributed by atoms with Gasteiger partial charge in [-0.1, -0.05) is 30.3 Å². The predicted octanol–water partition coefficient (Wildman–Crippen LogP) is 3.91. The molecule has 1 N–H and O–H groups in total. The number of nitrogens with zero attached hydrogens (tertiary/aromatic N) is 1. The molecule has 0 spiro atoms. The molecule has 1 aliphatic rings. The molecule has 26 heavy (non-hydrogen) atoms. The van der Waals surface area contributed by atoms with Crippen LogP contribution in [0.15, 0.2) is 54.1 Å². The SMILES string of the molecule is O=C(O)C1=Cc2ccccc2OC1(c1cccc([N+](=O)[O-])c1)C(F)(F)F. The number of nitro groups is 1. The second kappa shape index (κ2) is 5.87. The maximum absolute atomic E-state index is 14.1. The molecule has 0 aliphatic carbocycles. The van der Waals surface area contributed by atoms with E-state index in [4.69, 9.17) is 4.74 Å². The highest BCUT2D eigenvalue weighted by molar-refractivity contribution is 5.96. The van der Waals surface area contributed by atoms with Crippen molar-refractivity contribution in [3.05, 3.63) is 75.3 Å². The molecule has 1 unspecified atom stereocenters. The molecule has 0 amide bonds. The van der Waals surface area contributed by atoms with Crippen LogP contribution >= 0.6 is 0 Å². The van der Waals surface area contributed by atoms with Crippen LogP contribution in [0, 0.1) is 10.1 Å². The molecule has 134 valence electrons. The van der Waals surface area contributed by atoms with Gasteiger partial charge in [-0.2, -0.15) is 13.2 Å². The third-order valence-corrected chi connectivity index (χ3v) is 3.95. The Hall–Kier alpha value is -3.36. The van der Waals surface area contributed by atoms with Crippen molar-refractivity contribution < 1.29 is 32.7 Å². The van der Waals surface area contributed by atoms with Gasteiger partial charge in [-0.25, -0.2) is 4.79 Å². The van der Waals surface area contributed by atoms with Crippen LogP contribution in [0.25, 0.3) is 6.08 Å². The molecule has 1 heterocycles. The fourth-order valence-electron chi connectivity index (χ4n) is 2.81. The van der Waals surface area contributed by atoms with Crippen LogP contribution < -0.4 is 4.74 Å². The van der Waals surface area contributed by atoms with E-state index >= 15 is 0 Å². The summed E-state index contributed by atoms with van der Waals surface area (Å²) in [4.78, 5) is 21.7. The lowest BCUT2D eigenvalue weighted by molar-refractivity contribution is -0.385. The van der Waals surface area contributed by atoms with Crippen molar-refractivity contribution in [2.24, 2.45) is 0 Å². The van der Waals surface area contributed by atoms with Crippen molar-refractivity contribution in [2.75, 3.05) is 0 Å². The lowest BCUT2D eigenvalue weighted by atomic mass is 9.81. The Balaban J connectivity index is 2.35. The molecule has 2 aromatic rings. The fourth-order valence-corrected chi connectivity index (χ4v) is 2.81. The van der Waals surface area contributed by atoms with Gasteiger partial charge in [0.2, 0.25) is 0 Å². The van der Waals surface area contributed by atoms with Crippen LogP contribution in [0.3, 0.4) is 0 Å². The molecule has 0 bridgehead atoms. The third kappa shape index (κ3) is 2.57. The van der Waals surface area contributed by atoms with Gasteiger partial charge in [-0.3, -0.25) is 10.1 Å². The quantitative estimate of drug-likeness (QED) is 0.658. The zero-order valence-corrected chi connectivity index (χ0v) is 12.9. The Morgan fingerprint density at radius 1 is 1.15 bits per heavy atom. The summed E-state index contributed by atoms with van der Waals surface area (Å²) in [6, 6.07) is 9.30. The van der Waals surface area contributed by atoms with E-state index in [9.17, 15) is 33.2 Å². The molecule has 0 radical (unpaired) electrons. The van der Waals surface area contributed by atoms with E-state index in [1.54, 1.807) is 0 Å². The van der Waals surface area contributed by atoms with Gasteiger partial charge in [-0.15, -0.1) is 0 Å². The monoisotopic (exact) mass is 365 g/mol. The van der Waals surface area contributed by atoms with Crippen LogP contribution in [0.1, 0.15) is 11.1 Å². The number of carboxylic acids is 1. The molecule has 0 aromatic heterocycles. The van der Waals surface area contributed by atoms with E-state index < -0.39 is 39.5 Å². The third-order valence-electron chi connectivity index (χ3n) is 3.95. The highest BCUT2D eigenvalue weighted by Gasteiger charge is 2.64. The molecule has 6 nitrogen and oxygen atoms in total. The van der Waals surface area contributed by atoms with Gasteiger partial charge in [0, 0.05) is 23.3 Å². The van der Waals surface area contributed by atoms with Crippen molar-refractivity contribution in [2.45, 2.75) is 11.8 Å². The van der Waals surface area contributed by atoms with Crippen molar-refractivity contribution >= 4 is 17.7 Å². The number of hydrogen-bond acceptors (Lipinski definition) is 4. The Morgan fingerprint density at radius 3 is 2.46 bits per heavy atom. The summed E-state index contributed by atoms with van der Waals surface area (Å²) in [5.41, 5.74) is -5.60. The lowest BCUT2D eigenvalue weighted by Gasteiger charge is -2.39. The first-order valence-electron chi connectivity index (χ1n) is 7.22. The number of ether oxygens (including phenoxy) is 1. The molecule has 2 aromatic carbocycles. The highest BCUT2D eigenvalue weighted by atomic mass is 19.4. The van der Waals surface area contributed by atoms with Crippen LogP contribution in [0.4, 0.5) is 18.9 Å². The van der Waals surface area contributed by atoms with E-state index in [1.165, 1.54) is 24.3 Å². The molecular weight excluding hydrogens is 355 g/mol. The number of para-hydroxylation sites is 1. The van der Waals surface area contributed by atoms with Gasteiger partial charge in [0.25, 0.3) is 11.3 Å². The first-order chi connectivity index (χ1) is 12.2. The minimum Gasteiger partial charge on any atom is -0.478 e. The number of alkyl halides is 3. The summed E-state index contributed by atoms with van der Waals surface area (Å²) in [7, 11) is 0. The Morgan fingerprint density at radius 2 is 1.85 bits per heavy atom. The minimum absolute atomic E-state index is 0.162.